The molecule has 0 aromatic carbocycles. The lowest BCUT2D eigenvalue weighted by molar-refractivity contribution is -0.145. The van der Waals surface area contributed by atoms with Crippen LogP contribution in [0.15, 0.2) is 0 Å². The monoisotopic (exact) mass is 258 g/mol. The largest absolute Gasteiger partial charge is 0.480 e. The van der Waals surface area contributed by atoms with Crippen molar-refractivity contribution in [3.63, 3.8) is 0 Å². The molecule has 0 aromatic rings. The molecule has 1 heterocycles. The summed E-state index contributed by atoms with van der Waals surface area (Å²) in [5.41, 5.74) is -0.483. The van der Waals surface area contributed by atoms with Crippen molar-refractivity contribution in [2.75, 3.05) is 19.7 Å². The van der Waals surface area contributed by atoms with Crippen LogP contribution in [0.2, 0.25) is 0 Å². The van der Waals surface area contributed by atoms with Gasteiger partial charge in [-0.3, -0.25) is 4.79 Å². The Labute approximate surface area is 107 Å². The molecular formula is C12H22N2O4. The smallest absolute Gasteiger partial charge is 0.328 e. The van der Waals surface area contributed by atoms with E-state index < -0.39 is 24.0 Å². The maximum absolute atomic E-state index is 12.3. The molecule has 6 heteroatoms. The Balaban J connectivity index is 2.73. The van der Waals surface area contributed by atoms with Crippen LogP contribution in [0.5, 0.6) is 0 Å². The summed E-state index contributed by atoms with van der Waals surface area (Å²) in [5, 5.41) is 23.4. The molecule has 0 aliphatic carbocycles. The van der Waals surface area contributed by atoms with Gasteiger partial charge in [-0.1, -0.05) is 13.3 Å². The highest BCUT2D eigenvalue weighted by atomic mass is 16.4. The Morgan fingerprint density at radius 3 is 2.44 bits per heavy atom. The van der Waals surface area contributed by atoms with E-state index in [-0.39, 0.29) is 5.91 Å². The van der Waals surface area contributed by atoms with Crippen molar-refractivity contribution in [3.05, 3.63) is 0 Å². The molecule has 1 rings (SSSR count). The van der Waals surface area contributed by atoms with Crippen molar-refractivity contribution < 1.29 is 19.8 Å². The second kappa shape index (κ2) is 6.70. The Hall–Kier alpha value is -1.14. The Morgan fingerprint density at radius 2 is 2.00 bits per heavy atom. The van der Waals surface area contributed by atoms with Gasteiger partial charge in [-0.05, 0) is 32.4 Å². The predicted molar refractivity (Wildman–Crippen MR) is 66.1 cm³/mol. The van der Waals surface area contributed by atoms with Crippen LogP contribution in [0.1, 0.15) is 32.6 Å². The standard InChI is InChI=1S/C12H22N2O4/c1-2-3-12(4-6-13-7-5-12)11(18)14-9(8-15)10(16)17/h9,13,15H,2-8H2,1H3,(H,14,18)(H,16,17)/t9-/m0/s1. The van der Waals surface area contributed by atoms with Crippen molar-refractivity contribution in [3.8, 4) is 0 Å². The number of rotatable bonds is 6. The maximum atomic E-state index is 12.3. The number of aliphatic hydroxyl groups excluding tert-OH is 1. The lowest BCUT2D eigenvalue weighted by Crippen LogP contribution is -2.53. The molecule has 0 spiro atoms. The minimum atomic E-state index is -1.21. The van der Waals surface area contributed by atoms with Crippen LogP contribution in [0.25, 0.3) is 0 Å². The van der Waals surface area contributed by atoms with E-state index in [4.69, 9.17) is 10.2 Å². The third-order valence-electron chi connectivity index (χ3n) is 3.56. The summed E-state index contributed by atoms with van der Waals surface area (Å²) in [7, 11) is 0. The van der Waals surface area contributed by atoms with Crippen molar-refractivity contribution in [2.45, 2.75) is 38.6 Å². The van der Waals surface area contributed by atoms with Gasteiger partial charge in [-0.2, -0.15) is 0 Å². The van der Waals surface area contributed by atoms with Gasteiger partial charge in [0.05, 0.1) is 12.0 Å². The molecule has 104 valence electrons. The normalized spacial score (nSPS) is 20.1. The molecule has 4 N–H and O–H groups in total. The molecule has 1 fully saturated rings. The van der Waals surface area contributed by atoms with Gasteiger partial charge in [0.1, 0.15) is 6.04 Å². The van der Waals surface area contributed by atoms with Gasteiger partial charge in [0.15, 0.2) is 0 Å². The number of aliphatic carboxylic acids is 1. The number of carbonyl (C=O) groups excluding carboxylic acids is 1. The fourth-order valence-corrected chi connectivity index (χ4v) is 2.47. The van der Waals surface area contributed by atoms with Crippen LogP contribution < -0.4 is 10.6 Å². The number of piperidine rings is 1. The SMILES string of the molecule is CCCC1(C(=O)N[C@@H](CO)C(=O)O)CCNCC1. The summed E-state index contributed by atoms with van der Waals surface area (Å²) < 4.78 is 0. The maximum Gasteiger partial charge on any atom is 0.328 e. The van der Waals surface area contributed by atoms with Gasteiger partial charge in [-0.25, -0.2) is 4.79 Å². The van der Waals surface area contributed by atoms with Crippen LogP contribution in [0, 0.1) is 5.41 Å². The summed E-state index contributed by atoms with van der Waals surface area (Å²) in [6.07, 6.45) is 3.05. The van der Waals surface area contributed by atoms with E-state index in [9.17, 15) is 9.59 Å². The molecule has 1 atom stereocenters. The number of hydrogen-bond donors (Lipinski definition) is 4. The second-order valence-corrected chi connectivity index (χ2v) is 4.83. The minimum Gasteiger partial charge on any atom is -0.480 e. The van der Waals surface area contributed by atoms with Crippen molar-refractivity contribution in [1.29, 1.82) is 0 Å². The summed E-state index contributed by atoms with van der Waals surface area (Å²) in [4.78, 5) is 23.1. The number of carbonyl (C=O) groups is 2. The fourth-order valence-electron chi connectivity index (χ4n) is 2.47. The summed E-state index contributed by atoms with van der Waals surface area (Å²) in [6.45, 7) is 2.97. The molecule has 0 unspecified atom stereocenters. The lowest BCUT2D eigenvalue weighted by atomic mass is 9.74. The van der Waals surface area contributed by atoms with E-state index >= 15 is 0 Å². The lowest BCUT2D eigenvalue weighted by Gasteiger charge is -2.36. The summed E-state index contributed by atoms with van der Waals surface area (Å²) in [6, 6.07) is -1.21. The minimum absolute atomic E-state index is 0.243. The Bertz CT molecular complexity index is 295. The molecule has 1 saturated heterocycles. The molecule has 1 amide bonds. The van der Waals surface area contributed by atoms with E-state index in [2.05, 4.69) is 10.6 Å². The van der Waals surface area contributed by atoms with Gasteiger partial charge in [0.2, 0.25) is 5.91 Å². The van der Waals surface area contributed by atoms with Crippen molar-refractivity contribution >= 4 is 11.9 Å². The van der Waals surface area contributed by atoms with Gasteiger partial charge >= 0.3 is 5.97 Å². The highest BCUT2D eigenvalue weighted by Gasteiger charge is 2.39. The molecule has 0 saturated carbocycles. The number of carboxylic acids is 1. The first-order chi connectivity index (χ1) is 8.55. The zero-order chi connectivity index (χ0) is 13.6. The topological polar surface area (TPSA) is 98.7 Å². The van der Waals surface area contributed by atoms with E-state index in [1.54, 1.807) is 0 Å². The van der Waals surface area contributed by atoms with Gasteiger partial charge in [0, 0.05) is 0 Å². The Morgan fingerprint density at radius 1 is 1.39 bits per heavy atom. The van der Waals surface area contributed by atoms with E-state index in [1.807, 2.05) is 6.92 Å². The number of hydrogen-bond acceptors (Lipinski definition) is 4. The van der Waals surface area contributed by atoms with E-state index in [0.717, 1.165) is 25.9 Å². The highest BCUT2D eigenvalue weighted by Crippen LogP contribution is 2.34. The average Bonchev–Trinajstić information content (AvgIpc) is 2.36. The molecule has 6 nitrogen and oxygen atoms in total. The quantitative estimate of drug-likeness (QED) is 0.525. The molecular weight excluding hydrogens is 236 g/mol. The van der Waals surface area contributed by atoms with Gasteiger partial charge in [0.25, 0.3) is 0 Å². The van der Waals surface area contributed by atoms with Crippen molar-refractivity contribution in [2.24, 2.45) is 5.41 Å². The van der Waals surface area contributed by atoms with Crippen molar-refractivity contribution in [1.82, 2.24) is 10.6 Å². The van der Waals surface area contributed by atoms with Crippen LogP contribution in [0.3, 0.4) is 0 Å². The molecule has 0 bridgehead atoms. The second-order valence-electron chi connectivity index (χ2n) is 4.83. The number of aliphatic hydroxyl groups is 1. The zero-order valence-electron chi connectivity index (χ0n) is 10.7. The van der Waals surface area contributed by atoms with E-state index in [1.165, 1.54) is 0 Å². The summed E-state index contributed by atoms with van der Waals surface area (Å²) in [5.74, 6) is -1.45. The molecule has 0 radical (unpaired) electrons. The highest BCUT2D eigenvalue weighted by molar-refractivity contribution is 5.87. The first-order valence-corrected chi connectivity index (χ1v) is 6.41. The third-order valence-corrected chi connectivity index (χ3v) is 3.56. The average molecular weight is 258 g/mol. The predicted octanol–water partition coefficient (Wildman–Crippen LogP) is -0.282. The molecule has 1 aliphatic rings. The zero-order valence-corrected chi connectivity index (χ0v) is 10.7. The van der Waals surface area contributed by atoms with Gasteiger partial charge < -0.3 is 20.8 Å². The molecule has 0 aromatic heterocycles. The van der Waals surface area contributed by atoms with Crippen LogP contribution in [0.4, 0.5) is 0 Å². The number of nitrogens with one attached hydrogen (secondary N) is 2. The summed E-state index contributed by atoms with van der Waals surface area (Å²) >= 11 is 0. The first kappa shape index (κ1) is 14.9. The Kier molecular flexibility index (Phi) is 5.55. The molecule has 1 aliphatic heterocycles. The van der Waals surface area contributed by atoms with Crippen LogP contribution in [-0.4, -0.2) is 47.8 Å². The van der Waals surface area contributed by atoms with Crippen LogP contribution in [-0.2, 0) is 9.59 Å². The van der Waals surface area contributed by atoms with Gasteiger partial charge in [-0.15, -0.1) is 0 Å². The molecule has 18 heavy (non-hydrogen) atoms. The van der Waals surface area contributed by atoms with Crippen LogP contribution >= 0.6 is 0 Å². The third kappa shape index (κ3) is 3.43. The number of amides is 1. The van der Waals surface area contributed by atoms with E-state index in [0.29, 0.717) is 12.8 Å². The first-order valence-electron chi connectivity index (χ1n) is 6.41. The number of carboxylic acid groups (broad SMARTS) is 1. The fraction of sp³-hybridized carbons (Fsp3) is 0.833.